The lowest BCUT2D eigenvalue weighted by molar-refractivity contribution is 1.75. The van der Waals surface area contributed by atoms with Crippen LogP contribution in [0.25, 0.3) is 10.8 Å². The predicted octanol–water partition coefficient (Wildman–Crippen LogP) is 3.80. The van der Waals surface area contributed by atoms with Crippen LogP contribution in [0.5, 0.6) is 0 Å². The average Bonchev–Trinajstić information content (AvgIpc) is 2.19. The molecule has 0 saturated heterocycles. The molecule has 0 unspecified atom stereocenters. The molecule has 0 amide bonds. The molecule has 0 heteroatoms. The first-order valence-corrected chi connectivity index (χ1v) is 4.11. The van der Waals surface area contributed by atoms with Crippen LogP contribution in [0.15, 0.2) is 67.4 Å². The third kappa shape index (κ3) is 2.62. The second kappa shape index (κ2) is 4.97. The van der Waals surface area contributed by atoms with Crippen LogP contribution < -0.4 is 0 Å². The molecule has 13 heavy (non-hydrogen) atoms. The van der Waals surface area contributed by atoms with Crippen LogP contribution >= 0.6 is 0 Å². The molecule has 64 valence electrons. The highest BCUT2D eigenvalue weighted by Gasteiger charge is 1.85. The summed E-state index contributed by atoms with van der Waals surface area (Å²) in [6, 6.07) is 16.7. The van der Waals surface area contributed by atoms with Gasteiger partial charge < -0.3 is 0 Å². The SMILES string of the molecule is C=C=C.c1ccc2ccccc2c1. The summed E-state index contributed by atoms with van der Waals surface area (Å²) in [4.78, 5) is 0. The van der Waals surface area contributed by atoms with Crippen molar-refractivity contribution in [2.45, 2.75) is 0 Å². The molecule has 0 spiro atoms. The summed E-state index contributed by atoms with van der Waals surface area (Å²) in [7, 11) is 0. The van der Waals surface area contributed by atoms with Crippen molar-refractivity contribution < 1.29 is 0 Å². The van der Waals surface area contributed by atoms with E-state index in [4.69, 9.17) is 0 Å². The Labute approximate surface area is 78.8 Å². The fraction of sp³-hybridized carbons (Fsp3) is 0. The highest BCUT2D eigenvalue weighted by Crippen LogP contribution is 2.11. The van der Waals surface area contributed by atoms with E-state index in [0.29, 0.717) is 0 Å². The molecule has 0 bridgehead atoms. The van der Waals surface area contributed by atoms with Gasteiger partial charge in [-0.3, -0.25) is 0 Å². The Morgan fingerprint density at radius 1 is 0.692 bits per heavy atom. The van der Waals surface area contributed by atoms with E-state index in [-0.39, 0.29) is 0 Å². The Kier molecular flexibility index (Phi) is 3.56. The Balaban J connectivity index is 0.000000251. The van der Waals surface area contributed by atoms with Crippen LogP contribution in [0.4, 0.5) is 0 Å². The maximum absolute atomic E-state index is 3.12. The minimum atomic E-state index is 1.31. The fourth-order valence-electron chi connectivity index (χ4n) is 1.13. The lowest BCUT2D eigenvalue weighted by atomic mass is 10.1. The van der Waals surface area contributed by atoms with Crippen LogP contribution in [0, 0.1) is 0 Å². The van der Waals surface area contributed by atoms with E-state index >= 15 is 0 Å². The minimum Gasteiger partial charge on any atom is -0.137 e. The van der Waals surface area contributed by atoms with Crippen LogP contribution in [-0.4, -0.2) is 0 Å². The summed E-state index contributed by atoms with van der Waals surface area (Å²) in [5, 5.41) is 2.62. The van der Waals surface area contributed by atoms with Crippen LogP contribution in [0.3, 0.4) is 0 Å². The largest absolute Gasteiger partial charge is 0.137 e. The first-order chi connectivity index (χ1) is 6.38. The lowest BCUT2D eigenvalue weighted by Gasteiger charge is -1.92. The van der Waals surface area contributed by atoms with Crippen LogP contribution in [0.1, 0.15) is 0 Å². The first-order valence-electron chi connectivity index (χ1n) is 4.11. The number of fused-ring (bicyclic) bond motifs is 1. The number of rotatable bonds is 0. The van der Waals surface area contributed by atoms with Gasteiger partial charge in [-0.1, -0.05) is 61.7 Å². The second-order valence-electron chi connectivity index (χ2n) is 2.60. The van der Waals surface area contributed by atoms with Crippen molar-refractivity contribution in [2.24, 2.45) is 0 Å². The minimum absolute atomic E-state index is 1.31. The molecule has 0 radical (unpaired) electrons. The zero-order valence-electron chi connectivity index (χ0n) is 7.53. The van der Waals surface area contributed by atoms with E-state index in [0.717, 1.165) is 0 Å². The van der Waals surface area contributed by atoms with Gasteiger partial charge in [0.1, 0.15) is 0 Å². The Bertz CT molecular complexity index is 342. The summed E-state index contributed by atoms with van der Waals surface area (Å²) in [6.07, 6.45) is 0. The molecule has 0 aliphatic heterocycles. The van der Waals surface area contributed by atoms with E-state index in [1.54, 1.807) is 0 Å². The fourth-order valence-corrected chi connectivity index (χ4v) is 1.13. The van der Waals surface area contributed by atoms with Gasteiger partial charge >= 0.3 is 0 Å². The first kappa shape index (κ1) is 9.31. The molecule has 0 saturated carbocycles. The van der Waals surface area contributed by atoms with Gasteiger partial charge in [0.05, 0.1) is 0 Å². The molecule has 0 aliphatic rings. The molecule has 2 aromatic rings. The molecule has 0 atom stereocenters. The molecule has 0 aromatic heterocycles. The Hall–Kier alpha value is -1.78. The predicted molar refractivity (Wildman–Crippen MR) is 58.7 cm³/mol. The van der Waals surface area contributed by atoms with Gasteiger partial charge in [0, 0.05) is 0 Å². The Morgan fingerprint density at radius 2 is 0.923 bits per heavy atom. The lowest BCUT2D eigenvalue weighted by Crippen LogP contribution is -1.67. The molecular weight excluding hydrogens is 156 g/mol. The van der Waals surface area contributed by atoms with E-state index in [2.05, 4.69) is 67.4 Å². The molecule has 2 aromatic carbocycles. The molecular formula is C13H12. The molecule has 0 heterocycles. The number of hydrogen-bond acceptors (Lipinski definition) is 0. The summed E-state index contributed by atoms with van der Waals surface area (Å²) >= 11 is 0. The highest BCUT2D eigenvalue weighted by molar-refractivity contribution is 5.81. The van der Waals surface area contributed by atoms with E-state index in [1.165, 1.54) is 10.8 Å². The molecule has 0 nitrogen and oxygen atoms in total. The van der Waals surface area contributed by atoms with Crippen LogP contribution in [0.2, 0.25) is 0 Å². The summed E-state index contributed by atoms with van der Waals surface area (Å²) in [6.45, 7) is 6.25. The molecule has 0 aliphatic carbocycles. The number of hydrogen-bond donors (Lipinski definition) is 0. The third-order valence-corrected chi connectivity index (χ3v) is 1.66. The summed E-state index contributed by atoms with van der Waals surface area (Å²) < 4.78 is 0. The standard InChI is InChI=1S/C10H8.C3H4/c1-2-6-10-8-4-3-7-9(10)5-1;1-3-2/h1-8H;1-2H2. The maximum atomic E-state index is 3.12. The van der Waals surface area contributed by atoms with Crippen molar-refractivity contribution >= 4 is 10.8 Å². The zero-order chi connectivity index (χ0) is 9.52. The van der Waals surface area contributed by atoms with Crippen molar-refractivity contribution in [3.05, 3.63) is 67.4 Å². The average molecular weight is 168 g/mol. The topological polar surface area (TPSA) is 0 Å². The maximum Gasteiger partial charge on any atom is -0.0184 e. The van der Waals surface area contributed by atoms with Gasteiger partial charge in [0.15, 0.2) is 0 Å². The van der Waals surface area contributed by atoms with Gasteiger partial charge in [0.2, 0.25) is 0 Å². The smallest absolute Gasteiger partial charge is 0.0184 e. The van der Waals surface area contributed by atoms with Crippen molar-refractivity contribution in [1.82, 2.24) is 0 Å². The van der Waals surface area contributed by atoms with Gasteiger partial charge in [-0.05, 0) is 10.8 Å². The van der Waals surface area contributed by atoms with E-state index in [9.17, 15) is 0 Å². The van der Waals surface area contributed by atoms with Gasteiger partial charge in [0.25, 0.3) is 0 Å². The summed E-state index contributed by atoms with van der Waals surface area (Å²) in [5.74, 6) is 0. The van der Waals surface area contributed by atoms with E-state index in [1.807, 2.05) is 0 Å². The van der Waals surface area contributed by atoms with Crippen LogP contribution in [-0.2, 0) is 0 Å². The second-order valence-corrected chi connectivity index (χ2v) is 2.60. The van der Waals surface area contributed by atoms with Gasteiger partial charge in [-0.15, -0.1) is 5.73 Å². The number of benzene rings is 2. The normalized spacial score (nSPS) is 8.31. The van der Waals surface area contributed by atoms with Crippen molar-refractivity contribution in [3.63, 3.8) is 0 Å². The molecule has 0 N–H and O–H groups in total. The zero-order valence-corrected chi connectivity index (χ0v) is 7.53. The van der Waals surface area contributed by atoms with Crippen molar-refractivity contribution in [1.29, 1.82) is 0 Å². The van der Waals surface area contributed by atoms with Gasteiger partial charge in [-0.25, -0.2) is 0 Å². The molecule has 2 rings (SSSR count). The quantitative estimate of drug-likeness (QED) is 0.525. The van der Waals surface area contributed by atoms with E-state index < -0.39 is 0 Å². The van der Waals surface area contributed by atoms with Gasteiger partial charge in [-0.2, -0.15) is 0 Å². The highest BCUT2D eigenvalue weighted by atomic mass is 13.9. The van der Waals surface area contributed by atoms with Crippen molar-refractivity contribution in [3.8, 4) is 0 Å². The van der Waals surface area contributed by atoms with Crippen molar-refractivity contribution in [2.75, 3.05) is 0 Å². The Morgan fingerprint density at radius 3 is 1.15 bits per heavy atom. The summed E-state index contributed by atoms with van der Waals surface area (Å²) in [5.41, 5.74) is 2.25. The monoisotopic (exact) mass is 168 g/mol. The molecule has 0 fully saturated rings. The third-order valence-electron chi connectivity index (χ3n) is 1.66.